The molecule has 1 fully saturated rings. The molecule has 1 aliphatic heterocycles. The maximum atomic E-state index is 12.8. The number of nitrogens with zero attached hydrogens (tertiary/aromatic N) is 2. The van der Waals surface area contributed by atoms with Gasteiger partial charge in [0.25, 0.3) is 5.91 Å². The van der Waals surface area contributed by atoms with Gasteiger partial charge in [0.05, 0.1) is 20.4 Å². The van der Waals surface area contributed by atoms with Crippen LogP contribution in [0.15, 0.2) is 47.6 Å². The molecule has 2 aromatic rings. The summed E-state index contributed by atoms with van der Waals surface area (Å²) in [5.41, 5.74) is 3.84. The number of carbonyl (C=O) groups excluding carboxylic acids is 2. The standard InChI is InChI=1S/C22H25N3O5/c1-29-19-8-5-17(13-20(19)30-2)22(28)25-11-9-16(10-12-25)21(27)24-23-14-15-3-6-18(26)7-4-15/h3-8,13-14,16,26H,9-12H2,1-2H3,(H,24,27)/b23-14-. The Labute approximate surface area is 175 Å². The summed E-state index contributed by atoms with van der Waals surface area (Å²) in [5, 5.41) is 13.2. The van der Waals surface area contributed by atoms with Gasteiger partial charge in [0, 0.05) is 24.6 Å². The number of hydrogen-bond donors (Lipinski definition) is 2. The van der Waals surface area contributed by atoms with E-state index in [0.29, 0.717) is 43.0 Å². The first kappa shape index (κ1) is 21.2. The van der Waals surface area contributed by atoms with Crippen LogP contribution in [-0.2, 0) is 4.79 Å². The molecular weight excluding hydrogens is 386 g/mol. The molecule has 1 heterocycles. The van der Waals surface area contributed by atoms with E-state index in [0.717, 1.165) is 5.56 Å². The molecule has 2 aromatic carbocycles. The van der Waals surface area contributed by atoms with E-state index in [2.05, 4.69) is 10.5 Å². The number of piperidine rings is 1. The van der Waals surface area contributed by atoms with Gasteiger partial charge in [-0.1, -0.05) is 0 Å². The van der Waals surface area contributed by atoms with Gasteiger partial charge in [-0.05, 0) is 60.9 Å². The highest BCUT2D eigenvalue weighted by atomic mass is 16.5. The maximum absolute atomic E-state index is 12.8. The SMILES string of the molecule is COc1ccc(C(=O)N2CCC(C(=O)N/N=C\c3ccc(O)cc3)CC2)cc1OC. The number of hydrazone groups is 1. The Morgan fingerprint density at radius 2 is 1.73 bits per heavy atom. The van der Waals surface area contributed by atoms with Crippen LogP contribution in [0.4, 0.5) is 0 Å². The number of benzene rings is 2. The number of phenolic OH excluding ortho intramolecular Hbond substituents is 1. The lowest BCUT2D eigenvalue weighted by molar-refractivity contribution is -0.126. The van der Waals surface area contributed by atoms with Crippen molar-refractivity contribution in [1.82, 2.24) is 10.3 Å². The number of aromatic hydroxyl groups is 1. The number of likely N-dealkylation sites (tertiary alicyclic amines) is 1. The van der Waals surface area contributed by atoms with Gasteiger partial charge in [-0.25, -0.2) is 5.43 Å². The first-order valence-electron chi connectivity index (χ1n) is 9.65. The number of methoxy groups -OCH3 is 2. The van der Waals surface area contributed by atoms with Crippen molar-refractivity contribution >= 4 is 18.0 Å². The van der Waals surface area contributed by atoms with Gasteiger partial charge in [0.2, 0.25) is 5.91 Å². The van der Waals surface area contributed by atoms with Gasteiger partial charge in [-0.15, -0.1) is 0 Å². The van der Waals surface area contributed by atoms with Crippen molar-refractivity contribution in [3.8, 4) is 17.2 Å². The number of hydrogen-bond acceptors (Lipinski definition) is 6. The minimum atomic E-state index is -0.198. The summed E-state index contributed by atoms with van der Waals surface area (Å²) in [4.78, 5) is 26.9. The lowest BCUT2D eigenvalue weighted by atomic mass is 9.95. The topological polar surface area (TPSA) is 100 Å². The number of nitrogens with one attached hydrogen (secondary N) is 1. The Balaban J connectivity index is 1.52. The van der Waals surface area contributed by atoms with Crippen LogP contribution in [0.5, 0.6) is 17.2 Å². The van der Waals surface area contributed by atoms with Crippen LogP contribution in [0.3, 0.4) is 0 Å². The summed E-state index contributed by atoms with van der Waals surface area (Å²) < 4.78 is 10.5. The molecule has 0 saturated carbocycles. The molecule has 0 atom stereocenters. The molecule has 0 spiro atoms. The molecule has 0 radical (unpaired) electrons. The highest BCUT2D eigenvalue weighted by Gasteiger charge is 2.28. The second kappa shape index (κ2) is 9.78. The third-order valence-corrected chi connectivity index (χ3v) is 5.06. The molecule has 158 valence electrons. The molecule has 8 nitrogen and oxygen atoms in total. The van der Waals surface area contributed by atoms with E-state index in [1.54, 1.807) is 54.5 Å². The van der Waals surface area contributed by atoms with Crippen molar-refractivity contribution in [3.05, 3.63) is 53.6 Å². The largest absolute Gasteiger partial charge is 0.508 e. The van der Waals surface area contributed by atoms with Gasteiger partial charge >= 0.3 is 0 Å². The summed E-state index contributed by atoms with van der Waals surface area (Å²) in [6, 6.07) is 11.6. The molecule has 30 heavy (non-hydrogen) atoms. The molecule has 0 aromatic heterocycles. The maximum Gasteiger partial charge on any atom is 0.253 e. The lowest BCUT2D eigenvalue weighted by Crippen LogP contribution is -2.42. The lowest BCUT2D eigenvalue weighted by Gasteiger charge is -2.31. The van der Waals surface area contributed by atoms with Gasteiger partial charge < -0.3 is 19.5 Å². The minimum absolute atomic E-state index is 0.0971. The monoisotopic (exact) mass is 411 g/mol. The Bertz CT molecular complexity index is 919. The van der Waals surface area contributed by atoms with Gasteiger partial charge in [-0.2, -0.15) is 5.10 Å². The molecule has 2 N–H and O–H groups in total. The molecule has 8 heteroatoms. The van der Waals surface area contributed by atoms with Crippen molar-refractivity contribution in [2.45, 2.75) is 12.8 Å². The van der Waals surface area contributed by atoms with Crippen LogP contribution in [0.2, 0.25) is 0 Å². The van der Waals surface area contributed by atoms with E-state index < -0.39 is 0 Å². The highest BCUT2D eigenvalue weighted by molar-refractivity contribution is 5.95. The van der Waals surface area contributed by atoms with E-state index in [1.165, 1.54) is 13.3 Å². The number of amides is 2. The van der Waals surface area contributed by atoms with Gasteiger partial charge in [-0.3, -0.25) is 9.59 Å². The Morgan fingerprint density at radius 3 is 2.37 bits per heavy atom. The molecular formula is C22H25N3O5. The zero-order chi connectivity index (χ0) is 21.5. The van der Waals surface area contributed by atoms with Crippen LogP contribution in [0, 0.1) is 5.92 Å². The normalized spacial score (nSPS) is 14.5. The quantitative estimate of drug-likeness (QED) is 0.562. The average molecular weight is 411 g/mol. The second-order valence-corrected chi connectivity index (χ2v) is 6.96. The summed E-state index contributed by atoms with van der Waals surface area (Å²) >= 11 is 0. The molecule has 0 aliphatic carbocycles. The predicted molar refractivity (Wildman–Crippen MR) is 112 cm³/mol. The average Bonchev–Trinajstić information content (AvgIpc) is 2.79. The van der Waals surface area contributed by atoms with Crippen LogP contribution in [0.1, 0.15) is 28.8 Å². The second-order valence-electron chi connectivity index (χ2n) is 6.96. The Hall–Kier alpha value is -3.55. The summed E-state index contributed by atoms with van der Waals surface area (Å²) in [7, 11) is 3.07. The zero-order valence-corrected chi connectivity index (χ0v) is 17.0. The highest BCUT2D eigenvalue weighted by Crippen LogP contribution is 2.28. The number of ether oxygens (including phenoxy) is 2. The molecule has 1 saturated heterocycles. The third kappa shape index (κ3) is 5.08. The van der Waals surface area contributed by atoms with Crippen molar-refractivity contribution in [1.29, 1.82) is 0 Å². The van der Waals surface area contributed by atoms with Crippen LogP contribution in [0.25, 0.3) is 0 Å². The van der Waals surface area contributed by atoms with E-state index >= 15 is 0 Å². The number of phenols is 1. The summed E-state index contributed by atoms with van der Waals surface area (Å²) in [6.45, 7) is 0.986. The molecule has 1 aliphatic rings. The van der Waals surface area contributed by atoms with Crippen molar-refractivity contribution in [2.75, 3.05) is 27.3 Å². The van der Waals surface area contributed by atoms with Crippen molar-refractivity contribution < 1.29 is 24.2 Å². The number of carbonyl (C=O) groups is 2. The third-order valence-electron chi connectivity index (χ3n) is 5.06. The first-order valence-corrected chi connectivity index (χ1v) is 9.65. The van der Waals surface area contributed by atoms with Crippen LogP contribution in [-0.4, -0.2) is 55.3 Å². The first-order chi connectivity index (χ1) is 14.5. The van der Waals surface area contributed by atoms with Crippen LogP contribution >= 0.6 is 0 Å². The van der Waals surface area contributed by atoms with Gasteiger partial charge in [0.15, 0.2) is 11.5 Å². The molecule has 2 amide bonds. The van der Waals surface area contributed by atoms with E-state index in [9.17, 15) is 14.7 Å². The predicted octanol–water partition coefficient (Wildman–Crippen LogP) is 2.41. The van der Waals surface area contributed by atoms with E-state index in [4.69, 9.17) is 9.47 Å². The zero-order valence-electron chi connectivity index (χ0n) is 17.0. The fraction of sp³-hybridized carbons (Fsp3) is 0.318. The Kier molecular flexibility index (Phi) is 6.90. The molecule has 3 rings (SSSR count). The van der Waals surface area contributed by atoms with E-state index in [1.807, 2.05) is 0 Å². The summed E-state index contributed by atoms with van der Waals surface area (Å²) in [5.74, 6) is 0.784. The summed E-state index contributed by atoms with van der Waals surface area (Å²) in [6.07, 6.45) is 2.66. The molecule has 0 bridgehead atoms. The minimum Gasteiger partial charge on any atom is -0.508 e. The fourth-order valence-electron chi connectivity index (χ4n) is 3.32. The Morgan fingerprint density at radius 1 is 1.07 bits per heavy atom. The molecule has 0 unspecified atom stereocenters. The smallest absolute Gasteiger partial charge is 0.253 e. The van der Waals surface area contributed by atoms with Crippen molar-refractivity contribution in [2.24, 2.45) is 11.0 Å². The fourth-order valence-corrected chi connectivity index (χ4v) is 3.32. The van der Waals surface area contributed by atoms with Gasteiger partial charge in [0.1, 0.15) is 5.75 Å². The van der Waals surface area contributed by atoms with Crippen LogP contribution < -0.4 is 14.9 Å². The van der Waals surface area contributed by atoms with E-state index in [-0.39, 0.29) is 23.5 Å². The van der Waals surface area contributed by atoms with Crippen molar-refractivity contribution in [3.63, 3.8) is 0 Å². The number of rotatable bonds is 6.